The van der Waals surface area contributed by atoms with Crippen LogP contribution in [0.4, 0.5) is 11.5 Å². The van der Waals surface area contributed by atoms with E-state index >= 15 is 0 Å². The number of halogens is 1. The quantitative estimate of drug-likeness (QED) is 0.849. The number of nitrogens with zero attached hydrogens (tertiary/aromatic N) is 3. The van der Waals surface area contributed by atoms with E-state index < -0.39 is 0 Å². The molecule has 0 aromatic carbocycles. The number of anilines is 2. The molecule has 0 amide bonds. The fourth-order valence-electron chi connectivity index (χ4n) is 2.17. The van der Waals surface area contributed by atoms with Crippen molar-refractivity contribution < 1.29 is 4.74 Å². The van der Waals surface area contributed by atoms with Crippen molar-refractivity contribution in [3.8, 4) is 0 Å². The van der Waals surface area contributed by atoms with Crippen molar-refractivity contribution in [3.05, 3.63) is 11.5 Å². The molecule has 1 unspecified atom stereocenters. The van der Waals surface area contributed by atoms with Crippen molar-refractivity contribution in [1.29, 1.82) is 0 Å². The Morgan fingerprint density at radius 1 is 1.61 bits per heavy atom. The molecule has 1 saturated heterocycles. The Morgan fingerprint density at radius 3 is 3.22 bits per heavy atom. The highest BCUT2D eigenvalue weighted by atomic mass is 35.5. The molecule has 100 valence electrons. The fourth-order valence-corrected chi connectivity index (χ4v) is 2.29. The summed E-state index contributed by atoms with van der Waals surface area (Å²) in [5, 5.41) is 0.232. The molecule has 18 heavy (non-hydrogen) atoms. The summed E-state index contributed by atoms with van der Waals surface area (Å²) in [6.07, 6.45) is 5.02. The van der Waals surface area contributed by atoms with Crippen LogP contribution in [-0.2, 0) is 4.74 Å². The Labute approximate surface area is 112 Å². The molecule has 0 saturated carbocycles. The van der Waals surface area contributed by atoms with Crippen molar-refractivity contribution in [3.63, 3.8) is 0 Å². The average Bonchev–Trinajstić information content (AvgIpc) is 2.39. The third-order valence-corrected chi connectivity index (χ3v) is 3.18. The average molecular weight is 271 g/mol. The molecule has 1 aromatic heterocycles. The second-order valence-electron chi connectivity index (χ2n) is 4.50. The molecular formula is C12H19ClN4O. The lowest BCUT2D eigenvalue weighted by Gasteiger charge is -2.33. The maximum absolute atomic E-state index is 5.90. The Balaban J connectivity index is 2.05. The number of rotatable bonds is 4. The number of nitrogen functional groups attached to an aromatic ring is 1. The lowest BCUT2D eigenvalue weighted by atomic mass is 10.1. The van der Waals surface area contributed by atoms with E-state index in [2.05, 4.69) is 21.8 Å². The molecule has 0 aliphatic carbocycles. The molecule has 1 atom stereocenters. The minimum absolute atomic E-state index is 0.232. The number of aromatic nitrogens is 2. The van der Waals surface area contributed by atoms with Gasteiger partial charge >= 0.3 is 0 Å². The van der Waals surface area contributed by atoms with Gasteiger partial charge in [-0.25, -0.2) is 4.98 Å². The van der Waals surface area contributed by atoms with E-state index in [9.17, 15) is 0 Å². The molecule has 2 rings (SSSR count). The van der Waals surface area contributed by atoms with E-state index in [1.807, 2.05) is 0 Å². The topological polar surface area (TPSA) is 64.3 Å². The first kappa shape index (κ1) is 13.4. The highest BCUT2D eigenvalue weighted by molar-refractivity contribution is 6.28. The minimum Gasteiger partial charge on any atom is -0.394 e. The highest BCUT2D eigenvalue weighted by Gasteiger charge is 2.23. The molecule has 2 heterocycles. The van der Waals surface area contributed by atoms with Crippen LogP contribution in [0.3, 0.4) is 0 Å². The van der Waals surface area contributed by atoms with Gasteiger partial charge in [0, 0.05) is 19.7 Å². The predicted octanol–water partition coefficient (Wildman–Crippen LogP) is 2.11. The van der Waals surface area contributed by atoms with Gasteiger partial charge < -0.3 is 15.4 Å². The monoisotopic (exact) mass is 270 g/mol. The highest BCUT2D eigenvalue weighted by Crippen LogP contribution is 2.25. The normalized spacial score (nSPS) is 20.1. The maximum atomic E-state index is 5.90. The van der Waals surface area contributed by atoms with Crippen LogP contribution in [0.2, 0.25) is 5.28 Å². The summed E-state index contributed by atoms with van der Waals surface area (Å²) >= 11 is 5.82. The zero-order valence-electron chi connectivity index (χ0n) is 10.6. The zero-order chi connectivity index (χ0) is 13.0. The maximum Gasteiger partial charge on any atom is 0.224 e. The molecule has 0 radical (unpaired) electrons. The smallest absolute Gasteiger partial charge is 0.224 e. The first-order chi connectivity index (χ1) is 8.70. The van der Waals surface area contributed by atoms with Crippen molar-refractivity contribution in [1.82, 2.24) is 9.97 Å². The molecule has 1 aliphatic heterocycles. The van der Waals surface area contributed by atoms with E-state index in [0.717, 1.165) is 44.8 Å². The first-order valence-electron chi connectivity index (χ1n) is 6.35. The molecule has 2 N–H and O–H groups in total. The first-order valence-corrected chi connectivity index (χ1v) is 6.73. The lowest BCUT2D eigenvalue weighted by molar-refractivity contribution is 0.0439. The van der Waals surface area contributed by atoms with Crippen LogP contribution < -0.4 is 10.6 Å². The van der Waals surface area contributed by atoms with Crippen LogP contribution in [0.1, 0.15) is 26.2 Å². The summed E-state index contributed by atoms with van der Waals surface area (Å²) in [6, 6.07) is 0. The van der Waals surface area contributed by atoms with E-state index in [-0.39, 0.29) is 11.4 Å². The predicted molar refractivity (Wildman–Crippen MR) is 72.9 cm³/mol. The van der Waals surface area contributed by atoms with Crippen LogP contribution in [0.25, 0.3) is 0 Å². The van der Waals surface area contributed by atoms with Gasteiger partial charge in [-0.05, 0) is 30.9 Å². The van der Waals surface area contributed by atoms with Crippen LogP contribution in [0.15, 0.2) is 6.20 Å². The van der Waals surface area contributed by atoms with Gasteiger partial charge in [-0.15, -0.1) is 0 Å². The van der Waals surface area contributed by atoms with Gasteiger partial charge in [0.15, 0.2) is 5.82 Å². The lowest BCUT2D eigenvalue weighted by Crippen LogP contribution is -2.40. The number of ether oxygens (including phenoxy) is 1. The van der Waals surface area contributed by atoms with Gasteiger partial charge in [0.05, 0.1) is 18.0 Å². The second-order valence-corrected chi connectivity index (χ2v) is 4.84. The second kappa shape index (κ2) is 6.20. The molecular weight excluding hydrogens is 252 g/mol. The van der Waals surface area contributed by atoms with E-state index in [1.165, 1.54) is 0 Å². The minimum atomic E-state index is 0.232. The fraction of sp³-hybridized carbons (Fsp3) is 0.667. The van der Waals surface area contributed by atoms with Crippen molar-refractivity contribution in [2.45, 2.75) is 32.3 Å². The summed E-state index contributed by atoms with van der Waals surface area (Å²) < 4.78 is 5.80. The molecule has 6 heteroatoms. The van der Waals surface area contributed by atoms with Crippen molar-refractivity contribution in [2.75, 3.05) is 30.3 Å². The van der Waals surface area contributed by atoms with Gasteiger partial charge in [-0.3, -0.25) is 0 Å². The molecule has 1 aliphatic rings. The standard InChI is InChI=1S/C12H19ClN4O/c1-2-6-18-9-4-3-5-17(8-9)11-10(14)7-15-12(13)16-11/h7,9H,2-6,8,14H2,1H3. The molecule has 0 spiro atoms. The van der Waals surface area contributed by atoms with E-state index in [4.69, 9.17) is 22.1 Å². The summed E-state index contributed by atoms with van der Waals surface area (Å²) in [7, 11) is 0. The Morgan fingerprint density at radius 2 is 2.44 bits per heavy atom. The molecule has 5 nitrogen and oxygen atoms in total. The largest absolute Gasteiger partial charge is 0.394 e. The van der Waals surface area contributed by atoms with Crippen molar-refractivity contribution >= 4 is 23.1 Å². The van der Waals surface area contributed by atoms with Gasteiger partial charge in [0.2, 0.25) is 5.28 Å². The third kappa shape index (κ3) is 3.23. The van der Waals surface area contributed by atoms with E-state index in [1.54, 1.807) is 6.20 Å². The third-order valence-electron chi connectivity index (χ3n) is 3.00. The van der Waals surface area contributed by atoms with Crippen LogP contribution in [-0.4, -0.2) is 35.8 Å². The summed E-state index contributed by atoms with van der Waals surface area (Å²) in [4.78, 5) is 10.2. The summed E-state index contributed by atoms with van der Waals surface area (Å²) in [6.45, 7) is 4.67. The SMILES string of the molecule is CCCOC1CCCN(c2nc(Cl)ncc2N)C1. The molecule has 0 bridgehead atoms. The van der Waals surface area contributed by atoms with Crippen LogP contribution in [0.5, 0.6) is 0 Å². The molecule has 1 aromatic rings. The van der Waals surface area contributed by atoms with Gasteiger partial charge in [0.1, 0.15) is 0 Å². The summed E-state index contributed by atoms with van der Waals surface area (Å²) in [5.41, 5.74) is 6.47. The number of hydrogen-bond donors (Lipinski definition) is 1. The Bertz CT molecular complexity index is 402. The number of nitrogens with two attached hydrogens (primary N) is 1. The van der Waals surface area contributed by atoms with Gasteiger partial charge in [0.25, 0.3) is 0 Å². The van der Waals surface area contributed by atoms with E-state index in [0.29, 0.717) is 5.69 Å². The van der Waals surface area contributed by atoms with Crippen LogP contribution >= 0.6 is 11.6 Å². The Kier molecular flexibility index (Phi) is 4.60. The summed E-state index contributed by atoms with van der Waals surface area (Å²) in [5.74, 6) is 0.722. The van der Waals surface area contributed by atoms with Crippen molar-refractivity contribution in [2.24, 2.45) is 0 Å². The van der Waals surface area contributed by atoms with Gasteiger partial charge in [-0.2, -0.15) is 4.98 Å². The zero-order valence-corrected chi connectivity index (χ0v) is 11.4. The number of hydrogen-bond acceptors (Lipinski definition) is 5. The van der Waals surface area contributed by atoms with Crippen LogP contribution in [0, 0.1) is 0 Å². The number of piperidine rings is 1. The Hall–Kier alpha value is -1.07. The molecule has 1 fully saturated rings. The van der Waals surface area contributed by atoms with Gasteiger partial charge in [-0.1, -0.05) is 6.92 Å².